The molecule has 1 amide bonds. The maximum absolute atomic E-state index is 12.6. The minimum absolute atomic E-state index is 0.155. The lowest BCUT2D eigenvalue weighted by molar-refractivity contribution is 0.0955. The molecule has 0 aliphatic rings. The van der Waals surface area contributed by atoms with Crippen molar-refractivity contribution in [3.63, 3.8) is 0 Å². The van der Waals surface area contributed by atoms with Gasteiger partial charge in [0.25, 0.3) is 5.91 Å². The lowest BCUT2D eigenvalue weighted by Crippen LogP contribution is -2.29. The van der Waals surface area contributed by atoms with Crippen LogP contribution in [0, 0.1) is 0 Å². The summed E-state index contributed by atoms with van der Waals surface area (Å²) in [6, 6.07) is 32.9. The van der Waals surface area contributed by atoms with Gasteiger partial charge in [-0.1, -0.05) is 72.8 Å². The Bertz CT molecular complexity index is 1460. The molecule has 4 rings (SSSR count). The van der Waals surface area contributed by atoms with E-state index < -0.39 is 10.0 Å². The van der Waals surface area contributed by atoms with E-state index in [-0.39, 0.29) is 12.5 Å². The third-order valence-electron chi connectivity index (χ3n) is 5.51. The number of nitrogens with zero attached hydrogens (tertiary/aromatic N) is 2. The summed E-state index contributed by atoms with van der Waals surface area (Å²) in [5, 5.41) is 4.08. The minimum atomic E-state index is -3.48. The highest BCUT2D eigenvalue weighted by molar-refractivity contribution is 7.92. The number of anilines is 1. The predicted molar refractivity (Wildman–Crippen MR) is 146 cm³/mol. The van der Waals surface area contributed by atoms with Crippen LogP contribution >= 0.6 is 0 Å². The first-order valence-electron chi connectivity index (χ1n) is 11.6. The average molecular weight is 514 g/mol. The molecule has 0 aliphatic heterocycles. The molecule has 7 nitrogen and oxygen atoms in total. The molecule has 0 saturated carbocycles. The number of rotatable bonds is 10. The van der Waals surface area contributed by atoms with Crippen LogP contribution in [0.2, 0.25) is 0 Å². The number of benzene rings is 4. The van der Waals surface area contributed by atoms with Crippen LogP contribution < -0.4 is 14.5 Å². The van der Waals surface area contributed by atoms with Gasteiger partial charge in [0.15, 0.2) is 0 Å². The first-order chi connectivity index (χ1) is 17.9. The molecule has 8 heteroatoms. The molecule has 0 bridgehead atoms. The highest BCUT2D eigenvalue weighted by atomic mass is 32.2. The summed E-state index contributed by atoms with van der Waals surface area (Å²) in [5.41, 5.74) is 6.04. The topological polar surface area (TPSA) is 88.1 Å². The van der Waals surface area contributed by atoms with Gasteiger partial charge in [-0.3, -0.25) is 9.10 Å². The smallest absolute Gasteiger partial charge is 0.271 e. The van der Waals surface area contributed by atoms with E-state index in [1.54, 1.807) is 48.5 Å². The van der Waals surface area contributed by atoms with Crippen molar-refractivity contribution in [3.05, 3.63) is 131 Å². The molecular weight excluding hydrogens is 486 g/mol. The highest BCUT2D eigenvalue weighted by Gasteiger charge is 2.17. The van der Waals surface area contributed by atoms with Gasteiger partial charge in [0, 0.05) is 11.1 Å². The van der Waals surface area contributed by atoms with E-state index in [1.807, 2.05) is 60.7 Å². The molecule has 0 aliphatic carbocycles. The van der Waals surface area contributed by atoms with Crippen molar-refractivity contribution in [2.75, 3.05) is 10.6 Å². The second kappa shape index (κ2) is 12.0. The highest BCUT2D eigenvalue weighted by Crippen LogP contribution is 2.21. The molecule has 0 aromatic heterocycles. The molecule has 4 aromatic rings. The number of sulfonamides is 1. The fourth-order valence-corrected chi connectivity index (χ4v) is 4.49. The van der Waals surface area contributed by atoms with Crippen molar-refractivity contribution in [1.82, 2.24) is 5.43 Å². The minimum Gasteiger partial charge on any atom is -0.488 e. The first kappa shape index (κ1) is 25.7. The van der Waals surface area contributed by atoms with Gasteiger partial charge in [0.1, 0.15) is 12.4 Å². The first-order valence-corrected chi connectivity index (χ1v) is 13.5. The van der Waals surface area contributed by atoms with Crippen LogP contribution in [0.25, 0.3) is 0 Å². The van der Waals surface area contributed by atoms with Crippen LogP contribution in [0.5, 0.6) is 5.75 Å². The Morgan fingerprint density at radius 1 is 0.838 bits per heavy atom. The molecule has 0 saturated heterocycles. The van der Waals surface area contributed by atoms with Crippen molar-refractivity contribution < 1.29 is 17.9 Å². The van der Waals surface area contributed by atoms with Crippen LogP contribution in [-0.2, 0) is 23.2 Å². The van der Waals surface area contributed by atoms with E-state index >= 15 is 0 Å². The summed E-state index contributed by atoms with van der Waals surface area (Å²) in [5.74, 6) is 0.274. The number of carbonyl (C=O) groups is 1. The lowest BCUT2D eigenvalue weighted by Gasteiger charge is -2.22. The largest absolute Gasteiger partial charge is 0.488 e. The van der Waals surface area contributed by atoms with Gasteiger partial charge in [-0.25, -0.2) is 13.8 Å². The number of carbonyl (C=O) groups excluding carboxylic acids is 1. The Labute approximate surface area is 217 Å². The molecule has 0 fully saturated rings. The van der Waals surface area contributed by atoms with Gasteiger partial charge in [-0.2, -0.15) is 5.10 Å². The van der Waals surface area contributed by atoms with E-state index in [9.17, 15) is 13.2 Å². The number of hydrogen-bond acceptors (Lipinski definition) is 5. The van der Waals surface area contributed by atoms with Crippen molar-refractivity contribution in [2.24, 2.45) is 5.10 Å². The van der Waals surface area contributed by atoms with Crippen LogP contribution in [0.15, 0.2) is 114 Å². The molecule has 188 valence electrons. The lowest BCUT2D eigenvalue weighted by atomic mass is 10.1. The molecule has 0 radical (unpaired) electrons. The summed E-state index contributed by atoms with van der Waals surface area (Å²) in [6.07, 6.45) is 2.71. The number of para-hydroxylation sites is 2. The number of hydrogen-bond donors (Lipinski definition) is 1. The van der Waals surface area contributed by atoms with E-state index in [4.69, 9.17) is 4.74 Å². The fourth-order valence-electron chi connectivity index (χ4n) is 3.60. The third-order valence-corrected chi connectivity index (χ3v) is 6.65. The van der Waals surface area contributed by atoms with Crippen molar-refractivity contribution in [3.8, 4) is 5.75 Å². The van der Waals surface area contributed by atoms with Crippen molar-refractivity contribution >= 4 is 27.8 Å². The number of hydrazone groups is 1. The SMILES string of the molecule is CS(=O)(=O)N(Cc1ccc(C(=O)N/N=C/c2ccccc2OCc2ccccc2)cc1)c1ccccc1. The van der Waals surface area contributed by atoms with E-state index in [0.717, 1.165) is 16.7 Å². The Morgan fingerprint density at radius 3 is 2.14 bits per heavy atom. The summed E-state index contributed by atoms with van der Waals surface area (Å²) < 4.78 is 31.9. The second-order valence-electron chi connectivity index (χ2n) is 8.31. The van der Waals surface area contributed by atoms with Crippen molar-refractivity contribution in [1.29, 1.82) is 0 Å². The molecule has 0 atom stereocenters. The Kier molecular flexibility index (Phi) is 8.33. The monoisotopic (exact) mass is 513 g/mol. The molecule has 0 unspecified atom stereocenters. The van der Waals surface area contributed by atoms with Crippen LogP contribution in [0.4, 0.5) is 5.69 Å². The van der Waals surface area contributed by atoms with E-state index in [1.165, 1.54) is 16.8 Å². The molecule has 4 aromatic carbocycles. The van der Waals surface area contributed by atoms with Crippen molar-refractivity contribution in [2.45, 2.75) is 13.2 Å². The van der Waals surface area contributed by atoms with E-state index in [2.05, 4.69) is 10.5 Å². The van der Waals surface area contributed by atoms with Gasteiger partial charge in [-0.15, -0.1) is 0 Å². The standard InChI is InChI=1S/C29H27N3O4S/c1-37(34,35)32(27-13-6-3-7-14-27)21-23-16-18-25(19-17-23)29(33)31-30-20-26-12-8-9-15-28(26)36-22-24-10-4-2-5-11-24/h2-20H,21-22H2,1H3,(H,31,33)/b30-20+. The molecule has 37 heavy (non-hydrogen) atoms. The zero-order valence-electron chi connectivity index (χ0n) is 20.3. The number of amides is 1. The molecule has 0 spiro atoms. The summed E-state index contributed by atoms with van der Waals surface area (Å²) >= 11 is 0. The summed E-state index contributed by atoms with van der Waals surface area (Å²) in [7, 11) is -3.48. The van der Waals surface area contributed by atoms with Crippen LogP contribution in [0.1, 0.15) is 27.0 Å². The van der Waals surface area contributed by atoms with Gasteiger partial charge in [0.2, 0.25) is 10.0 Å². The van der Waals surface area contributed by atoms with Crippen LogP contribution in [-0.4, -0.2) is 26.8 Å². The molecular formula is C29H27N3O4S. The maximum Gasteiger partial charge on any atom is 0.271 e. The van der Waals surface area contributed by atoms with E-state index in [0.29, 0.717) is 23.6 Å². The predicted octanol–water partition coefficient (Wildman–Crippen LogP) is 5.00. The average Bonchev–Trinajstić information content (AvgIpc) is 2.92. The molecule has 0 heterocycles. The van der Waals surface area contributed by atoms with Crippen LogP contribution in [0.3, 0.4) is 0 Å². The Morgan fingerprint density at radius 2 is 1.46 bits per heavy atom. The number of ether oxygens (including phenoxy) is 1. The van der Waals surface area contributed by atoms with Gasteiger partial charge in [-0.05, 0) is 47.5 Å². The summed E-state index contributed by atoms with van der Waals surface area (Å²) in [4.78, 5) is 12.6. The zero-order valence-corrected chi connectivity index (χ0v) is 21.1. The fraction of sp³-hybridized carbons (Fsp3) is 0.103. The second-order valence-corrected chi connectivity index (χ2v) is 10.2. The van der Waals surface area contributed by atoms with Gasteiger partial charge < -0.3 is 4.74 Å². The normalized spacial score (nSPS) is 11.3. The van der Waals surface area contributed by atoms with Gasteiger partial charge >= 0.3 is 0 Å². The summed E-state index contributed by atoms with van der Waals surface area (Å²) in [6.45, 7) is 0.577. The maximum atomic E-state index is 12.6. The molecule has 1 N–H and O–H groups in total. The zero-order chi connectivity index (χ0) is 26.1. The Hall–Kier alpha value is -4.43. The van der Waals surface area contributed by atoms with Gasteiger partial charge in [0.05, 0.1) is 24.7 Å². The third kappa shape index (κ3) is 7.28. The Balaban J connectivity index is 1.37. The quantitative estimate of drug-likeness (QED) is 0.239. The number of nitrogens with one attached hydrogen (secondary N) is 1.